The van der Waals surface area contributed by atoms with E-state index < -0.39 is 11.2 Å². The van der Waals surface area contributed by atoms with Gasteiger partial charge in [0, 0.05) is 20.2 Å². The van der Waals surface area contributed by atoms with Crippen LogP contribution in [0.2, 0.25) is 0 Å². The first kappa shape index (κ1) is 19.6. The smallest absolute Gasteiger partial charge is 0.309 e. The Balaban J connectivity index is 1.65. The lowest BCUT2D eigenvalue weighted by atomic mass is 9.81. The average molecular weight is 412 g/mol. The second-order valence-corrected chi connectivity index (χ2v) is 10.2. The second kappa shape index (κ2) is 6.81. The lowest BCUT2D eigenvalue weighted by Gasteiger charge is -2.37. The van der Waals surface area contributed by atoms with Crippen LogP contribution in [0.3, 0.4) is 0 Å². The molecule has 0 atom stereocenters. The van der Waals surface area contributed by atoms with Gasteiger partial charge in [-0.2, -0.15) is 0 Å². The van der Waals surface area contributed by atoms with Crippen LogP contribution in [-0.4, -0.2) is 23.8 Å². The maximum atomic E-state index is 10.4. The third kappa shape index (κ3) is 3.11. The molecule has 0 amide bonds. The highest BCUT2D eigenvalue weighted by Gasteiger charge is 2.35. The van der Waals surface area contributed by atoms with Crippen LogP contribution >= 0.6 is 11.3 Å². The van der Waals surface area contributed by atoms with Gasteiger partial charge in [0.1, 0.15) is 0 Å². The fraction of sp³-hybridized carbons (Fsp3) is 0.231. The summed E-state index contributed by atoms with van der Waals surface area (Å²) in [6, 6.07) is 24.1. The first-order chi connectivity index (χ1) is 14.2. The molecular formula is C26H25BO2S. The van der Waals surface area contributed by atoms with Crippen LogP contribution in [0.25, 0.3) is 41.7 Å². The van der Waals surface area contributed by atoms with Crippen LogP contribution in [0.4, 0.5) is 0 Å². The third-order valence-corrected chi connectivity index (χ3v) is 7.61. The van der Waals surface area contributed by atoms with E-state index in [-0.39, 0.29) is 0 Å². The molecule has 1 aromatic heterocycles. The van der Waals surface area contributed by atoms with Crippen LogP contribution in [0.5, 0.6) is 0 Å². The number of fused-ring (bicyclic) bond motifs is 7. The van der Waals surface area contributed by atoms with E-state index in [1.807, 2.05) is 25.2 Å². The molecule has 0 fully saturated rings. The molecule has 2 nitrogen and oxygen atoms in total. The number of aliphatic hydroxyl groups is 1. The van der Waals surface area contributed by atoms with Gasteiger partial charge in [-0.15, -0.1) is 11.3 Å². The van der Waals surface area contributed by atoms with Gasteiger partial charge >= 0.3 is 7.48 Å². The first-order valence-electron chi connectivity index (χ1n) is 10.4. The number of rotatable bonds is 4. The van der Waals surface area contributed by atoms with Crippen LogP contribution in [0, 0.1) is 0 Å². The van der Waals surface area contributed by atoms with E-state index in [2.05, 4.69) is 66.7 Å². The van der Waals surface area contributed by atoms with Gasteiger partial charge in [-0.25, -0.2) is 0 Å². The summed E-state index contributed by atoms with van der Waals surface area (Å²) < 4.78 is 8.74. The van der Waals surface area contributed by atoms with Crippen molar-refractivity contribution in [2.24, 2.45) is 0 Å². The standard InChI is InChI=1S/C26H25BO2S/c1-25(2,28)26(3,4)29-27-18-12-13-19-17(15-18)10-9-16-11-14-22-24(23(16)19)20-7-5-6-8-21(20)30-22/h5-15,27-28H,1-4H3. The van der Waals surface area contributed by atoms with Crippen molar-refractivity contribution in [2.45, 2.75) is 38.9 Å². The Bertz CT molecular complexity index is 1410. The minimum atomic E-state index is -0.911. The zero-order valence-electron chi connectivity index (χ0n) is 17.8. The molecule has 1 N–H and O–H groups in total. The van der Waals surface area contributed by atoms with Crippen molar-refractivity contribution in [1.29, 1.82) is 0 Å². The minimum Gasteiger partial charge on any atom is -0.427 e. The highest BCUT2D eigenvalue weighted by atomic mass is 32.1. The van der Waals surface area contributed by atoms with E-state index in [1.165, 1.54) is 41.7 Å². The maximum absolute atomic E-state index is 10.4. The highest BCUT2D eigenvalue weighted by molar-refractivity contribution is 7.26. The molecule has 150 valence electrons. The van der Waals surface area contributed by atoms with Gasteiger partial charge in [0.05, 0.1) is 11.2 Å². The largest absolute Gasteiger partial charge is 0.427 e. The molecule has 4 heteroatoms. The Labute approximate surface area is 181 Å². The Hall–Kier alpha value is -2.40. The monoisotopic (exact) mass is 412 g/mol. The molecule has 5 aromatic rings. The average Bonchev–Trinajstić information content (AvgIpc) is 3.09. The molecule has 0 aliphatic rings. The van der Waals surface area contributed by atoms with Crippen LogP contribution < -0.4 is 5.46 Å². The summed E-state index contributed by atoms with van der Waals surface area (Å²) in [5, 5.41) is 18.1. The van der Waals surface area contributed by atoms with Gasteiger partial charge < -0.3 is 9.76 Å². The maximum Gasteiger partial charge on any atom is 0.309 e. The quantitative estimate of drug-likeness (QED) is 0.294. The molecule has 0 saturated carbocycles. The second-order valence-electron chi connectivity index (χ2n) is 9.11. The van der Waals surface area contributed by atoms with Crippen molar-refractivity contribution in [3.63, 3.8) is 0 Å². The topological polar surface area (TPSA) is 29.5 Å². The molecule has 5 rings (SSSR count). The molecule has 0 bridgehead atoms. The van der Waals surface area contributed by atoms with Crippen LogP contribution in [-0.2, 0) is 4.65 Å². The molecule has 0 aliphatic heterocycles. The summed E-state index contributed by atoms with van der Waals surface area (Å²) in [6.45, 7) is 7.44. The third-order valence-electron chi connectivity index (χ3n) is 6.48. The Morgan fingerprint density at radius 3 is 2.30 bits per heavy atom. The summed E-state index contributed by atoms with van der Waals surface area (Å²) in [6.07, 6.45) is 0. The molecule has 0 saturated heterocycles. The van der Waals surface area contributed by atoms with E-state index in [0.29, 0.717) is 7.48 Å². The first-order valence-corrected chi connectivity index (χ1v) is 11.2. The van der Waals surface area contributed by atoms with E-state index in [1.54, 1.807) is 13.8 Å². The molecular weight excluding hydrogens is 387 g/mol. The molecule has 0 spiro atoms. The number of benzene rings is 4. The lowest BCUT2D eigenvalue weighted by molar-refractivity contribution is -0.0893. The molecule has 0 aliphatic carbocycles. The molecule has 30 heavy (non-hydrogen) atoms. The van der Waals surface area contributed by atoms with E-state index >= 15 is 0 Å². The van der Waals surface area contributed by atoms with Gasteiger partial charge in [-0.05, 0) is 61.4 Å². The summed E-state index contributed by atoms with van der Waals surface area (Å²) in [4.78, 5) is 0. The van der Waals surface area contributed by atoms with E-state index in [0.717, 1.165) is 5.46 Å². The Morgan fingerprint density at radius 1 is 0.767 bits per heavy atom. The van der Waals surface area contributed by atoms with Crippen LogP contribution in [0.1, 0.15) is 27.7 Å². The fourth-order valence-electron chi connectivity index (χ4n) is 3.95. The molecule has 0 unspecified atom stereocenters. The van der Waals surface area contributed by atoms with Crippen molar-refractivity contribution < 1.29 is 9.76 Å². The summed E-state index contributed by atoms with van der Waals surface area (Å²) in [5.74, 6) is 0. The van der Waals surface area contributed by atoms with Crippen molar-refractivity contribution >= 4 is 66.0 Å². The van der Waals surface area contributed by atoms with Gasteiger partial charge in [-0.3, -0.25) is 0 Å². The zero-order valence-corrected chi connectivity index (χ0v) is 18.6. The fourth-order valence-corrected chi connectivity index (χ4v) is 5.06. The molecule has 1 heterocycles. The SMILES string of the molecule is CC(C)(O)C(C)(C)OBc1ccc2c(ccc3ccc4sc5ccccc5c4c32)c1. The predicted molar refractivity (Wildman–Crippen MR) is 133 cm³/mol. The van der Waals surface area contributed by atoms with E-state index in [4.69, 9.17) is 4.65 Å². The van der Waals surface area contributed by atoms with Crippen LogP contribution in [0.15, 0.2) is 66.7 Å². The number of thiophene rings is 1. The molecule has 0 radical (unpaired) electrons. The van der Waals surface area contributed by atoms with Crippen molar-refractivity contribution in [3.8, 4) is 0 Å². The number of hydrogen-bond acceptors (Lipinski definition) is 3. The predicted octanol–water partition coefficient (Wildman–Crippen LogP) is 5.90. The van der Waals surface area contributed by atoms with Gasteiger partial charge in [0.15, 0.2) is 0 Å². The summed E-state index contributed by atoms with van der Waals surface area (Å²) in [7, 11) is 0.469. The normalized spacial score (nSPS) is 13.0. The van der Waals surface area contributed by atoms with Gasteiger partial charge in [-0.1, -0.05) is 60.1 Å². The Morgan fingerprint density at radius 2 is 1.50 bits per heavy atom. The summed E-state index contributed by atoms with van der Waals surface area (Å²) >= 11 is 1.86. The van der Waals surface area contributed by atoms with Crippen molar-refractivity contribution in [2.75, 3.05) is 0 Å². The Kier molecular flexibility index (Phi) is 4.44. The van der Waals surface area contributed by atoms with Crippen molar-refractivity contribution in [1.82, 2.24) is 0 Å². The zero-order chi connectivity index (χ0) is 21.1. The summed E-state index contributed by atoms with van der Waals surface area (Å²) in [5.41, 5.74) is -0.430. The lowest BCUT2D eigenvalue weighted by Crippen LogP contribution is -2.49. The number of hydrogen-bond donors (Lipinski definition) is 1. The highest BCUT2D eigenvalue weighted by Crippen LogP contribution is 2.40. The van der Waals surface area contributed by atoms with E-state index in [9.17, 15) is 5.11 Å². The molecule has 4 aromatic carbocycles. The minimum absolute atomic E-state index is 0.469. The van der Waals surface area contributed by atoms with Gasteiger partial charge in [0.2, 0.25) is 0 Å². The van der Waals surface area contributed by atoms with Gasteiger partial charge in [0.25, 0.3) is 0 Å². The van der Waals surface area contributed by atoms with Crippen molar-refractivity contribution in [3.05, 3.63) is 66.7 Å².